The van der Waals surface area contributed by atoms with Crippen molar-refractivity contribution < 1.29 is 9.84 Å². The number of benzene rings is 2. The number of aliphatic hydroxyl groups excluding tert-OH is 1. The summed E-state index contributed by atoms with van der Waals surface area (Å²) in [6.07, 6.45) is -0.514. The Balaban J connectivity index is 2.08. The van der Waals surface area contributed by atoms with E-state index in [1.165, 1.54) is 0 Å². The quantitative estimate of drug-likeness (QED) is 0.922. The van der Waals surface area contributed by atoms with Crippen LogP contribution in [0.3, 0.4) is 0 Å². The maximum atomic E-state index is 9.63. The van der Waals surface area contributed by atoms with Crippen molar-refractivity contribution in [1.29, 1.82) is 0 Å². The van der Waals surface area contributed by atoms with E-state index in [0.29, 0.717) is 6.61 Å². The third-order valence-electron chi connectivity index (χ3n) is 2.67. The minimum atomic E-state index is -0.514. The summed E-state index contributed by atoms with van der Waals surface area (Å²) in [5.74, 6) is 0.762. The lowest BCUT2D eigenvalue weighted by atomic mass is 10.1. The van der Waals surface area contributed by atoms with Crippen molar-refractivity contribution in [2.24, 2.45) is 0 Å². The lowest BCUT2D eigenvalue weighted by Gasteiger charge is -2.11. The molecule has 2 aromatic carbocycles. The maximum absolute atomic E-state index is 9.63. The van der Waals surface area contributed by atoms with E-state index in [1.54, 1.807) is 6.92 Å². The van der Waals surface area contributed by atoms with Gasteiger partial charge in [0.2, 0.25) is 0 Å². The Hall–Kier alpha value is -1.32. The van der Waals surface area contributed by atoms with E-state index in [4.69, 9.17) is 4.74 Å². The zero-order valence-corrected chi connectivity index (χ0v) is 11.7. The van der Waals surface area contributed by atoms with Gasteiger partial charge in [-0.15, -0.1) is 0 Å². The second kappa shape index (κ2) is 6.03. The van der Waals surface area contributed by atoms with Gasteiger partial charge >= 0.3 is 0 Å². The van der Waals surface area contributed by atoms with Crippen molar-refractivity contribution in [1.82, 2.24) is 0 Å². The molecule has 0 spiro atoms. The summed E-state index contributed by atoms with van der Waals surface area (Å²) in [7, 11) is 0. The molecule has 1 N–H and O–H groups in total. The molecule has 2 nitrogen and oxygen atoms in total. The van der Waals surface area contributed by atoms with Gasteiger partial charge in [0, 0.05) is 4.47 Å². The minimum absolute atomic E-state index is 0.514. The second-order valence-corrected chi connectivity index (χ2v) is 4.99. The molecule has 0 heterocycles. The van der Waals surface area contributed by atoms with Gasteiger partial charge in [-0.25, -0.2) is 0 Å². The number of ether oxygens (including phenoxy) is 1. The highest BCUT2D eigenvalue weighted by Gasteiger charge is 2.07. The molecule has 0 bridgehead atoms. The Labute approximate surface area is 115 Å². The molecule has 0 fully saturated rings. The minimum Gasteiger partial charge on any atom is -0.489 e. The first-order chi connectivity index (χ1) is 8.66. The van der Waals surface area contributed by atoms with Crippen molar-refractivity contribution in [3.63, 3.8) is 0 Å². The molecule has 18 heavy (non-hydrogen) atoms. The van der Waals surface area contributed by atoms with Crippen molar-refractivity contribution in [3.05, 3.63) is 64.1 Å². The van der Waals surface area contributed by atoms with Crippen LogP contribution in [0.1, 0.15) is 24.2 Å². The van der Waals surface area contributed by atoms with Crippen LogP contribution in [0.5, 0.6) is 5.75 Å². The number of aliphatic hydroxyl groups is 1. The SMILES string of the molecule is CC(O)c1cc(OCc2ccccc2)ccc1Br. The van der Waals surface area contributed by atoms with Crippen LogP contribution < -0.4 is 4.74 Å². The van der Waals surface area contributed by atoms with E-state index in [-0.39, 0.29) is 0 Å². The molecule has 2 rings (SSSR count). The Bertz CT molecular complexity index is 509. The summed E-state index contributed by atoms with van der Waals surface area (Å²) in [6, 6.07) is 15.6. The van der Waals surface area contributed by atoms with E-state index >= 15 is 0 Å². The molecule has 2 aromatic rings. The van der Waals surface area contributed by atoms with Gasteiger partial charge in [-0.3, -0.25) is 0 Å². The van der Waals surface area contributed by atoms with Crippen LogP contribution in [0.15, 0.2) is 53.0 Å². The van der Waals surface area contributed by atoms with Crippen LogP contribution >= 0.6 is 15.9 Å². The zero-order chi connectivity index (χ0) is 13.0. The fourth-order valence-corrected chi connectivity index (χ4v) is 2.25. The Morgan fingerprint density at radius 3 is 2.56 bits per heavy atom. The average molecular weight is 307 g/mol. The van der Waals surface area contributed by atoms with Crippen molar-refractivity contribution in [2.45, 2.75) is 19.6 Å². The normalized spacial score (nSPS) is 12.2. The van der Waals surface area contributed by atoms with Crippen LogP contribution in [0.2, 0.25) is 0 Å². The number of hydrogen-bond donors (Lipinski definition) is 1. The van der Waals surface area contributed by atoms with Crippen molar-refractivity contribution in [2.75, 3.05) is 0 Å². The fraction of sp³-hybridized carbons (Fsp3) is 0.200. The summed E-state index contributed by atoms with van der Waals surface area (Å²) in [6.45, 7) is 2.27. The van der Waals surface area contributed by atoms with Crippen LogP contribution in [0.25, 0.3) is 0 Å². The Kier molecular flexibility index (Phi) is 4.39. The predicted molar refractivity (Wildman–Crippen MR) is 75.5 cm³/mol. The zero-order valence-electron chi connectivity index (χ0n) is 10.1. The highest BCUT2D eigenvalue weighted by atomic mass is 79.9. The first kappa shape index (κ1) is 13.1. The maximum Gasteiger partial charge on any atom is 0.120 e. The van der Waals surface area contributed by atoms with E-state index < -0.39 is 6.10 Å². The van der Waals surface area contributed by atoms with E-state index in [1.807, 2.05) is 48.5 Å². The van der Waals surface area contributed by atoms with Gasteiger partial charge in [0.15, 0.2) is 0 Å². The van der Waals surface area contributed by atoms with Gasteiger partial charge in [0.1, 0.15) is 12.4 Å². The Morgan fingerprint density at radius 1 is 1.17 bits per heavy atom. The molecule has 0 aliphatic heterocycles. The molecule has 0 radical (unpaired) electrons. The van der Waals surface area contributed by atoms with Gasteiger partial charge in [0.05, 0.1) is 6.10 Å². The summed E-state index contributed by atoms with van der Waals surface area (Å²) in [5.41, 5.74) is 1.96. The predicted octanol–water partition coefficient (Wildman–Crippen LogP) is 4.08. The highest BCUT2D eigenvalue weighted by molar-refractivity contribution is 9.10. The molecule has 0 amide bonds. The van der Waals surface area contributed by atoms with Gasteiger partial charge in [-0.2, -0.15) is 0 Å². The largest absolute Gasteiger partial charge is 0.489 e. The fourth-order valence-electron chi connectivity index (χ4n) is 1.67. The monoisotopic (exact) mass is 306 g/mol. The average Bonchev–Trinajstić information content (AvgIpc) is 2.38. The van der Waals surface area contributed by atoms with E-state index in [9.17, 15) is 5.11 Å². The van der Waals surface area contributed by atoms with E-state index in [2.05, 4.69) is 15.9 Å². The molecule has 0 aliphatic rings. The van der Waals surface area contributed by atoms with Crippen LogP contribution in [0.4, 0.5) is 0 Å². The summed E-state index contributed by atoms with van der Waals surface area (Å²) >= 11 is 3.41. The lowest BCUT2D eigenvalue weighted by Crippen LogP contribution is -1.98. The number of hydrogen-bond acceptors (Lipinski definition) is 2. The number of halogens is 1. The van der Waals surface area contributed by atoms with E-state index in [0.717, 1.165) is 21.3 Å². The smallest absolute Gasteiger partial charge is 0.120 e. The van der Waals surface area contributed by atoms with Gasteiger partial charge in [0.25, 0.3) is 0 Å². The van der Waals surface area contributed by atoms with Crippen molar-refractivity contribution in [3.8, 4) is 5.75 Å². The molecule has 0 saturated heterocycles. The molecule has 94 valence electrons. The molecule has 0 aliphatic carbocycles. The third-order valence-corrected chi connectivity index (χ3v) is 3.39. The second-order valence-electron chi connectivity index (χ2n) is 4.13. The summed E-state index contributed by atoms with van der Waals surface area (Å²) < 4.78 is 6.60. The molecule has 0 saturated carbocycles. The van der Waals surface area contributed by atoms with Gasteiger partial charge in [-0.1, -0.05) is 46.3 Å². The van der Waals surface area contributed by atoms with Crippen molar-refractivity contribution >= 4 is 15.9 Å². The van der Waals surface area contributed by atoms with Gasteiger partial charge in [-0.05, 0) is 36.2 Å². The number of rotatable bonds is 4. The first-order valence-electron chi connectivity index (χ1n) is 5.81. The van der Waals surface area contributed by atoms with Crippen LogP contribution in [-0.2, 0) is 6.61 Å². The molecule has 1 atom stereocenters. The molecule has 0 aromatic heterocycles. The lowest BCUT2D eigenvalue weighted by molar-refractivity contribution is 0.197. The molecular formula is C15H15BrO2. The molecule has 1 unspecified atom stereocenters. The standard InChI is InChI=1S/C15H15BrO2/c1-11(17)14-9-13(7-8-15(14)16)18-10-12-5-3-2-4-6-12/h2-9,11,17H,10H2,1H3. The Morgan fingerprint density at radius 2 is 1.89 bits per heavy atom. The van der Waals surface area contributed by atoms with Gasteiger partial charge < -0.3 is 9.84 Å². The molecular weight excluding hydrogens is 292 g/mol. The molecule has 3 heteroatoms. The summed E-state index contributed by atoms with van der Waals surface area (Å²) in [5, 5.41) is 9.63. The third kappa shape index (κ3) is 3.34. The topological polar surface area (TPSA) is 29.5 Å². The summed E-state index contributed by atoms with van der Waals surface area (Å²) in [4.78, 5) is 0. The first-order valence-corrected chi connectivity index (χ1v) is 6.60. The van der Waals surface area contributed by atoms with Crippen LogP contribution in [0, 0.1) is 0 Å². The highest BCUT2D eigenvalue weighted by Crippen LogP contribution is 2.27. The van der Waals surface area contributed by atoms with Crippen LogP contribution in [-0.4, -0.2) is 5.11 Å².